The molecule has 1 heteroatoms. The van der Waals surface area contributed by atoms with E-state index in [-0.39, 0.29) is 0 Å². The van der Waals surface area contributed by atoms with Gasteiger partial charge in [-0.2, -0.15) is 0 Å². The average molecular weight is 229 g/mol. The van der Waals surface area contributed by atoms with Crippen molar-refractivity contribution >= 4 is 11.6 Å². The maximum atomic E-state index is 6.22. The quantitative estimate of drug-likeness (QED) is 0.581. The first-order valence-electron chi connectivity index (χ1n) is 6.86. The van der Waals surface area contributed by atoms with E-state index in [2.05, 4.69) is 6.92 Å². The van der Waals surface area contributed by atoms with E-state index >= 15 is 0 Å². The molecule has 0 aliphatic heterocycles. The van der Waals surface area contributed by atoms with E-state index in [0.29, 0.717) is 5.41 Å². The Bertz CT molecular complexity index is 188. The molecule has 0 aromatic heterocycles. The van der Waals surface area contributed by atoms with Gasteiger partial charge in [-0.1, -0.05) is 26.2 Å². The Morgan fingerprint density at radius 3 is 2.27 bits per heavy atom. The van der Waals surface area contributed by atoms with Crippen LogP contribution >= 0.6 is 11.6 Å². The summed E-state index contributed by atoms with van der Waals surface area (Å²) in [5.41, 5.74) is 0.574. The first kappa shape index (κ1) is 11.8. The molecule has 2 fully saturated rings. The van der Waals surface area contributed by atoms with Gasteiger partial charge in [0, 0.05) is 5.88 Å². The average Bonchev–Trinajstić information content (AvgIpc) is 3.11. The molecule has 0 saturated heterocycles. The number of alkyl halides is 1. The second kappa shape index (κ2) is 5.08. The van der Waals surface area contributed by atoms with Gasteiger partial charge < -0.3 is 0 Å². The molecular weight excluding hydrogens is 204 g/mol. The minimum Gasteiger partial charge on any atom is -0.126 e. The number of halogens is 1. The Hall–Kier alpha value is 0.290. The van der Waals surface area contributed by atoms with Crippen LogP contribution in [0.3, 0.4) is 0 Å². The molecule has 2 aliphatic carbocycles. The zero-order valence-electron chi connectivity index (χ0n) is 10.1. The summed E-state index contributed by atoms with van der Waals surface area (Å²) in [6.07, 6.45) is 13.0. The standard InChI is InChI=1S/C14H25Cl/c1-2-3-4-12-7-9-14(11-15,10-8-12)13-5-6-13/h12-13H,2-11H2,1H3. The summed E-state index contributed by atoms with van der Waals surface area (Å²) in [7, 11) is 0. The molecule has 2 rings (SSSR count). The predicted octanol–water partition coefficient (Wildman–Crippen LogP) is 5.00. The molecule has 0 amide bonds. The Morgan fingerprint density at radius 1 is 1.13 bits per heavy atom. The van der Waals surface area contributed by atoms with E-state index in [9.17, 15) is 0 Å². The van der Waals surface area contributed by atoms with E-state index in [1.165, 1.54) is 57.8 Å². The highest BCUT2D eigenvalue weighted by atomic mass is 35.5. The Kier molecular flexibility index (Phi) is 3.98. The number of hydrogen-bond acceptors (Lipinski definition) is 0. The zero-order valence-corrected chi connectivity index (χ0v) is 10.9. The van der Waals surface area contributed by atoms with Crippen LogP contribution < -0.4 is 0 Å². The molecule has 0 aromatic carbocycles. The number of unbranched alkanes of at least 4 members (excludes halogenated alkanes) is 1. The first-order valence-corrected chi connectivity index (χ1v) is 7.40. The van der Waals surface area contributed by atoms with Crippen molar-refractivity contribution in [2.45, 2.75) is 64.7 Å². The van der Waals surface area contributed by atoms with Crippen LogP contribution in [-0.2, 0) is 0 Å². The second-order valence-electron chi connectivity index (χ2n) is 5.86. The third-order valence-corrected chi connectivity index (χ3v) is 5.31. The van der Waals surface area contributed by atoms with Crippen LogP contribution in [0.2, 0.25) is 0 Å². The van der Waals surface area contributed by atoms with Crippen molar-refractivity contribution in [3.05, 3.63) is 0 Å². The minimum absolute atomic E-state index is 0.574. The molecule has 0 heterocycles. The predicted molar refractivity (Wildman–Crippen MR) is 67.4 cm³/mol. The molecule has 88 valence electrons. The summed E-state index contributed by atoms with van der Waals surface area (Å²) in [5, 5.41) is 0. The Labute approximate surface area is 99.8 Å². The lowest BCUT2D eigenvalue weighted by Crippen LogP contribution is -2.31. The second-order valence-corrected chi connectivity index (χ2v) is 6.12. The van der Waals surface area contributed by atoms with Crippen molar-refractivity contribution in [1.82, 2.24) is 0 Å². The van der Waals surface area contributed by atoms with E-state index < -0.39 is 0 Å². The smallest absolute Gasteiger partial charge is 0.0282 e. The first-order chi connectivity index (χ1) is 7.30. The maximum Gasteiger partial charge on any atom is 0.0282 e. The highest BCUT2D eigenvalue weighted by Crippen LogP contribution is 2.55. The fraction of sp³-hybridized carbons (Fsp3) is 1.00. The monoisotopic (exact) mass is 228 g/mol. The molecule has 0 atom stereocenters. The van der Waals surface area contributed by atoms with Gasteiger partial charge in [0.05, 0.1) is 0 Å². The van der Waals surface area contributed by atoms with Crippen molar-refractivity contribution < 1.29 is 0 Å². The normalized spacial score (nSPS) is 36.8. The minimum atomic E-state index is 0.574. The van der Waals surface area contributed by atoms with Crippen molar-refractivity contribution in [3.8, 4) is 0 Å². The van der Waals surface area contributed by atoms with Crippen LogP contribution in [0.4, 0.5) is 0 Å². The lowest BCUT2D eigenvalue weighted by atomic mass is 9.68. The van der Waals surface area contributed by atoms with Crippen molar-refractivity contribution in [2.24, 2.45) is 17.3 Å². The highest BCUT2D eigenvalue weighted by molar-refractivity contribution is 6.18. The fourth-order valence-electron chi connectivity index (χ4n) is 3.38. The molecule has 2 aliphatic rings. The van der Waals surface area contributed by atoms with Crippen LogP contribution in [0, 0.1) is 17.3 Å². The van der Waals surface area contributed by atoms with Gasteiger partial charge >= 0.3 is 0 Å². The van der Waals surface area contributed by atoms with Crippen molar-refractivity contribution in [1.29, 1.82) is 0 Å². The summed E-state index contributed by atoms with van der Waals surface area (Å²) in [6.45, 7) is 2.30. The summed E-state index contributed by atoms with van der Waals surface area (Å²) >= 11 is 6.22. The third kappa shape index (κ3) is 2.70. The van der Waals surface area contributed by atoms with Gasteiger partial charge in [0.15, 0.2) is 0 Å². The maximum absolute atomic E-state index is 6.22. The lowest BCUT2D eigenvalue weighted by Gasteiger charge is -2.39. The highest BCUT2D eigenvalue weighted by Gasteiger charge is 2.45. The van der Waals surface area contributed by atoms with E-state index in [0.717, 1.165) is 17.7 Å². The van der Waals surface area contributed by atoms with Gasteiger partial charge in [-0.25, -0.2) is 0 Å². The van der Waals surface area contributed by atoms with Crippen LogP contribution in [-0.4, -0.2) is 5.88 Å². The van der Waals surface area contributed by atoms with Gasteiger partial charge in [-0.05, 0) is 55.8 Å². The van der Waals surface area contributed by atoms with Gasteiger partial charge in [-0.15, -0.1) is 11.6 Å². The molecule has 0 aromatic rings. The molecule has 2 saturated carbocycles. The summed E-state index contributed by atoms with van der Waals surface area (Å²) < 4.78 is 0. The number of hydrogen-bond donors (Lipinski definition) is 0. The van der Waals surface area contributed by atoms with Crippen LogP contribution in [0.5, 0.6) is 0 Å². The Balaban J connectivity index is 1.79. The van der Waals surface area contributed by atoms with Gasteiger partial charge in [0.25, 0.3) is 0 Å². The fourth-order valence-corrected chi connectivity index (χ4v) is 3.87. The third-order valence-electron chi connectivity index (χ3n) is 4.78. The summed E-state index contributed by atoms with van der Waals surface area (Å²) in [5.74, 6) is 2.96. The summed E-state index contributed by atoms with van der Waals surface area (Å²) in [6, 6.07) is 0. The van der Waals surface area contributed by atoms with Gasteiger partial charge in [-0.3, -0.25) is 0 Å². The zero-order chi connectivity index (χ0) is 10.7. The number of rotatable bonds is 5. The Morgan fingerprint density at radius 2 is 1.80 bits per heavy atom. The molecule has 15 heavy (non-hydrogen) atoms. The largest absolute Gasteiger partial charge is 0.126 e. The molecule has 0 nitrogen and oxygen atoms in total. The van der Waals surface area contributed by atoms with E-state index in [4.69, 9.17) is 11.6 Å². The molecule has 0 N–H and O–H groups in total. The van der Waals surface area contributed by atoms with Crippen molar-refractivity contribution in [2.75, 3.05) is 5.88 Å². The molecule has 0 radical (unpaired) electrons. The molecule has 0 bridgehead atoms. The van der Waals surface area contributed by atoms with Crippen LogP contribution in [0.25, 0.3) is 0 Å². The lowest BCUT2D eigenvalue weighted by molar-refractivity contribution is 0.140. The SMILES string of the molecule is CCCCC1CCC(CCl)(C2CC2)CC1. The van der Waals surface area contributed by atoms with Gasteiger partial charge in [0.1, 0.15) is 0 Å². The van der Waals surface area contributed by atoms with Crippen LogP contribution in [0.15, 0.2) is 0 Å². The van der Waals surface area contributed by atoms with Crippen molar-refractivity contribution in [3.63, 3.8) is 0 Å². The van der Waals surface area contributed by atoms with Crippen LogP contribution in [0.1, 0.15) is 64.7 Å². The molecular formula is C14H25Cl. The van der Waals surface area contributed by atoms with E-state index in [1.54, 1.807) is 0 Å². The topological polar surface area (TPSA) is 0 Å². The summed E-state index contributed by atoms with van der Waals surface area (Å²) in [4.78, 5) is 0. The molecule has 0 spiro atoms. The van der Waals surface area contributed by atoms with E-state index in [1.807, 2.05) is 0 Å². The van der Waals surface area contributed by atoms with Gasteiger partial charge in [0.2, 0.25) is 0 Å². The molecule has 0 unspecified atom stereocenters.